The van der Waals surface area contributed by atoms with Crippen LogP contribution < -0.4 is 0 Å². The van der Waals surface area contributed by atoms with Crippen LogP contribution in [0.1, 0.15) is 0 Å². The molecule has 4 heterocycles. The molecule has 196 valence electrons. The van der Waals surface area contributed by atoms with Gasteiger partial charge < -0.3 is 4.57 Å². The van der Waals surface area contributed by atoms with Crippen molar-refractivity contribution in [3.8, 4) is 22.9 Å². The molecule has 0 aliphatic carbocycles. The van der Waals surface area contributed by atoms with E-state index in [1.807, 2.05) is 24.4 Å². The van der Waals surface area contributed by atoms with Gasteiger partial charge in [0.15, 0.2) is 5.82 Å². The molecule has 0 bridgehead atoms. The monoisotopic (exact) mass is 537 g/mol. The second-order valence-corrected chi connectivity index (χ2v) is 10.6. The molecule has 0 atom stereocenters. The Labute approximate surface area is 241 Å². The van der Waals surface area contributed by atoms with Gasteiger partial charge in [-0.1, -0.05) is 66.7 Å². The number of benzene rings is 5. The second-order valence-electron chi connectivity index (χ2n) is 10.6. The number of hydrogen-bond acceptors (Lipinski definition) is 3. The highest BCUT2D eigenvalue weighted by Gasteiger charge is 2.19. The van der Waals surface area contributed by atoms with Gasteiger partial charge in [-0.05, 0) is 60.0 Å². The largest absolute Gasteiger partial charge is 0.309 e. The third kappa shape index (κ3) is 3.28. The van der Waals surface area contributed by atoms with E-state index in [1.165, 1.54) is 43.4 Å². The highest BCUT2D eigenvalue weighted by Crippen LogP contribution is 2.40. The minimum Gasteiger partial charge on any atom is -0.309 e. The van der Waals surface area contributed by atoms with E-state index in [0.29, 0.717) is 5.82 Å². The van der Waals surface area contributed by atoms with Crippen LogP contribution in [0, 0.1) is 0 Å². The third-order valence-electron chi connectivity index (χ3n) is 8.25. The van der Waals surface area contributed by atoms with Gasteiger partial charge in [-0.25, -0.2) is 9.97 Å². The van der Waals surface area contributed by atoms with Gasteiger partial charge in [-0.15, -0.1) is 0 Å². The van der Waals surface area contributed by atoms with Gasteiger partial charge in [-0.3, -0.25) is 9.55 Å². The standard InChI is InChI=1S/C37H23N5/c1-2-10-26(11-3-1)41-32-14-6-5-13-28(32)31-22-30-24(21-34(31)41)16-17-29-27-12-4-7-15-33(27)42(36(29)30)35-18-20-39-37(40-35)25-9-8-19-38-23-25/h1-23H. The number of nitrogens with zero attached hydrogens (tertiary/aromatic N) is 5. The van der Waals surface area contributed by atoms with E-state index in [-0.39, 0.29) is 0 Å². The lowest BCUT2D eigenvalue weighted by molar-refractivity contribution is 1.04. The molecule has 5 heteroatoms. The van der Waals surface area contributed by atoms with Crippen molar-refractivity contribution in [3.05, 3.63) is 140 Å². The number of aromatic nitrogens is 5. The smallest absolute Gasteiger partial charge is 0.163 e. The Balaban J connectivity index is 1.41. The number of rotatable bonds is 3. The highest BCUT2D eigenvalue weighted by molar-refractivity contribution is 6.22. The molecule has 0 radical (unpaired) electrons. The summed E-state index contributed by atoms with van der Waals surface area (Å²) < 4.78 is 4.66. The summed E-state index contributed by atoms with van der Waals surface area (Å²) in [5.74, 6) is 1.48. The molecule has 0 aliphatic heterocycles. The zero-order chi connectivity index (χ0) is 27.6. The van der Waals surface area contributed by atoms with Gasteiger partial charge >= 0.3 is 0 Å². The molecule has 0 amide bonds. The van der Waals surface area contributed by atoms with Crippen molar-refractivity contribution in [1.29, 1.82) is 0 Å². The Morgan fingerprint density at radius 1 is 0.500 bits per heavy atom. The van der Waals surface area contributed by atoms with Gasteiger partial charge in [0, 0.05) is 56.8 Å². The molecular weight excluding hydrogens is 514 g/mol. The van der Waals surface area contributed by atoms with E-state index in [1.54, 1.807) is 12.4 Å². The van der Waals surface area contributed by atoms with Crippen molar-refractivity contribution < 1.29 is 0 Å². The van der Waals surface area contributed by atoms with Crippen molar-refractivity contribution >= 4 is 54.4 Å². The van der Waals surface area contributed by atoms with Crippen LogP contribution in [0.5, 0.6) is 0 Å². The maximum absolute atomic E-state index is 5.06. The zero-order valence-corrected chi connectivity index (χ0v) is 22.5. The molecule has 5 nitrogen and oxygen atoms in total. The topological polar surface area (TPSA) is 48.5 Å². The zero-order valence-electron chi connectivity index (χ0n) is 22.5. The number of pyridine rings is 1. The van der Waals surface area contributed by atoms with Gasteiger partial charge in [0.05, 0.1) is 22.1 Å². The fourth-order valence-corrected chi connectivity index (χ4v) is 6.45. The Morgan fingerprint density at radius 2 is 1.26 bits per heavy atom. The highest BCUT2D eigenvalue weighted by atomic mass is 15.1. The fraction of sp³-hybridized carbons (Fsp3) is 0. The van der Waals surface area contributed by atoms with Crippen LogP contribution in [-0.2, 0) is 0 Å². The molecule has 4 aromatic heterocycles. The maximum Gasteiger partial charge on any atom is 0.163 e. The summed E-state index contributed by atoms with van der Waals surface area (Å²) in [5.41, 5.74) is 6.69. The van der Waals surface area contributed by atoms with Gasteiger partial charge in [0.25, 0.3) is 0 Å². The Kier molecular flexibility index (Phi) is 4.83. The summed E-state index contributed by atoms with van der Waals surface area (Å²) in [6.45, 7) is 0. The number of para-hydroxylation sites is 3. The fourth-order valence-electron chi connectivity index (χ4n) is 6.45. The van der Waals surface area contributed by atoms with Gasteiger partial charge in [-0.2, -0.15) is 0 Å². The van der Waals surface area contributed by atoms with Crippen molar-refractivity contribution in [3.63, 3.8) is 0 Å². The van der Waals surface area contributed by atoms with Gasteiger partial charge in [0.2, 0.25) is 0 Å². The normalized spacial score (nSPS) is 11.8. The Hall–Kier alpha value is -5.81. The molecule has 0 spiro atoms. The first kappa shape index (κ1) is 22.9. The molecule has 0 unspecified atom stereocenters. The SMILES string of the molecule is c1ccc(-n2c3ccccc3c3cc4c(ccc5c6ccccc6n(-c6ccnc(-c7cccnc7)n6)c45)cc32)cc1. The quantitative estimate of drug-likeness (QED) is 0.226. The van der Waals surface area contributed by atoms with Crippen molar-refractivity contribution in [1.82, 2.24) is 24.1 Å². The van der Waals surface area contributed by atoms with Gasteiger partial charge in [0.1, 0.15) is 5.82 Å². The van der Waals surface area contributed by atoms with E-state index in [2.05, 4.69) is 122 Å². The third-order valence-corrected chi connectivity index (χ3v) is 8.25. The van der Waals surface area contributed by atoms with Crippen molar-refractivity contribution in [2.45, 2.75) is 0 Å². The molecule has 0 N–H and O–H groups in total. The summed E-state index contributed by atoms with van der Waals surface area (Å²) in [6.07, 6.45) is 5.41. The first-order valence-corrected chi connectivity index (χ1v) is 14.0. The Morgan fingerprint density at radius 3 is 2.07 bits per heavy atom. The summed E-state index contributed by atoms with van der Waals surface area (Å²) in [5, 5.41) is 7.23. The van der Waals surface area contributed by atoms with Crippen LogP contribution in [0.15, 0.2) is 140 Å². The lowest BCUT2D eigenvalue weighted by Crippen LogP contribution is -2.00. The second kappa shape index (κ2) is 8.85. The van der Waals surface area contributed by atoms with Crippen LogP contribution in [0.2, 0.25) is 0 Å². The predicted molar refractivity (Wildman–Crippen MR) is 171 cm³/mol. The van der Waals surface area contributed by atoms with Crippen LogP contribution >= 0.6 is 0 Å². The lowest BCUT2D eigenvalue weighted by Gasteiger charge is -2.11. The van der Waals surface area contributed by atoms with Crippen LogP contribution in [0.4, 0.5) is 0 Å². The summed E-state index contributed by atoms with van der Waals surface area (Å²) in [4.78, 5) is 13.9. The van der Waals surface area contributed by atoms with E-state index in [0.717, 1.165) is 28.1 Å². The average molecular weight is 538 g/mol. The first-order valence-electron chi connectivity index (χ1n) is 14.0. The number of fused-ring (bicyclic) bond motifs is 8. The molecule has 9 aromatic rings. The first-order chi connectivity index (χ1) is 20.8. The summed E-state index contributed by atoms with van der Waals surface area (Å²) >= 11 is 0. The predicted octanol–water partition coefficient (Wildman–Crippen LogP) is 8.89. The van der Waals surface area contributed by atoms with Crippen LogP contribution in [0.3, 0.4) is 0 Å². The molecule has 0 saturated carbocycles. The minimum absolute atomic E-state index is 0.653. The van der Waals surface area contributed by atoms with Crippen LogP contribution in [0.25, 0.3) is 77.3 Å². The van der Waals surface area contributed by atoms with Crippen molar-refractivity contribution in [2.24, 2.45) is 0 Å². The van der Waals surface area contributed by atoms with E-state index in [4.69, 9.17) is 4.98 Å². The van der Waals surface area contributed by atoms with Crippen LogP contribution in [-0.4, -0.2) is 24.1 Å². The lowest BCUT2D eigenvalue weighted by atomic mass is 10.0. The molecule has 0 saturated heterocycles. The maximum atomic E-state index is 5.06. The molecular formula is C37H23N5. The van der Waals surface area contributed by atoms with Crippen molar-refractivity contribution in [2.75, 3.05) is 0 Å². The Bertz CT molecular complexity index is 2450. The molecule has 0 aliphatic rings. The minimum atomic E-state index is 0.653. The summed E-state index contributed by atoms with van der Waals surface area (Å²) in [7, 11) is 0. The van der Waals surface area contributed by atoms with E-state index >= 15 is 0 Å². The van der Waals surface area contributed by atoms with E-state index in [9.17, 15) is 0 Å². The molecule has 9 rings (SSSR count). The molecule has 5 aromatic carbocycles. The number of hydrogen-bond donors (Lipinski definition) is 0. The van der Waals surface area contributed by atoms with E-state index < -0.39 is 0 Å². The molecule has 42 heavy (non-hydrogen) atoms. The summed E-state index contributed by atoms with van der Waals surface area (Å²) in [6, 6.07) is 43.0. The average Bonchev–Trinajstić information content (AvgIpc) is 3.57. The molecule has 0 fully saturated rings.